The fourth-order valence-electron chi connectivity index (χ4n) is 3.66. The fourth-order valence-corrected chi connectivity index (χ4v) is 4.58. The van der Waals surface area contributed by atoms with Crippen LogP contribution in [0.2, 0.25) is 0 Å². The summed E-state index contributed by atoms with van der Waals surface area (Å²) in [5.74, 6) is 0. The predicted octanol–water partition coefficient (Wildman–Crippen LogP) is 3.18. The molecule has 0 bridgehead atoms. The molecule has 1 aromatic carbocycles. The van der Waals surface area contributed by atoms with Gasteiger partial charge in [0, 0.05) is 24.0 Å². The normalized spacial score (nSPS) is 22.5. The number of thiophene rings is 1. The van der Waals surface area contributed by atoms with E-state index in [-0.39, 0.29) is 0 Å². The van der Waals surface area contributed by atoms with Gasteiger partial charge in [-0.3, -0.25) is 4.90 Å². The third-order valence-electron chi connectivity index (χ3n) is 5.03. The van der Waals surface area contributed by atoms with Crippen LogP contribution in [0.15, 0.2) is 35.7 Å². The predicted molar refractivity (Wildman–Crippen MR) is 89.1 cm³/mol. The quantitative estimate of drug-likeness (QED) is 0.840. The Labute approximate surface area is 131 Å². The lowest BCUT2D eigenvalue weighted by atomic mass is 9.92. The molecule has 21 heavy (non-hydrogen) atoms. The molecule has 0 radical (unpaired) electrons. The number of likely N-dealkylation sites (N-methyl/N-ethyl adjacent to an activating group) is 1. The van der Waals surface area contributed by atoms with Crippen LogP contribution in [0.5, 0.6) is 0 Å². The first-order valence-corrected chi connectivity index (χ1v) is 8.66. The van der Waals surface area contributed by atoms with Crippen LogP contribution in [0.4, 0.5) is 0 Å². The highest BCUT2D eigenvalue weighted by Crippen LogP contribution is 2.41. The molecule has 2 nitrogen and oxygen atoms in total. The summed E-state index contributed by atoms with van der Waals surface area (Å²) in [6, 6.07) is 12.6. The summed E-state index contributed by atoms with van der Waals surface area (Å²) in [5, 5.41) is 2.27. The maximum absolute atomic E-state index is 2.65. The van der Waals surface area contributed by atoms with E-state index in [4.69, 9.17) is 0 Å². The van der Waals surface area contributed by atoms with Crippen LogP contribution in [0.25, 0.3) is 0 Å². The van der Waals surface area contributed by atoms with E-state index >= 15 is 0 Å². The van der Waals surface area contributed by atoms with E-state index in [1.54, 1.807) is 16.0 Å². The topological polar surface area (TPSA) is 6.48 Å². The molecule has 0 N–H and O–H groups in total. The monoisotopic (exact) mass is 298 g/mol. The number of benzene rings is 1. The van der Waals surface area contributed by atoms with Crippen LogP contribution < -0.4 is 0 Å². The van der Waals surface area contributed by atoms with E-state index < -0.39 is 0 Å². The second kappa shape index (κ2) is 5.24. The first kappa shape index (κ1) is 13.5. The van der Waals surface area contributed by atoms with Gasteiger partial charge in [-0.1, -0.05) is 24.3 Å². The van der Waals surface area contributed by atoms with Gasteiger partial charge in [-0.2, -0.15) is 0 Å². The van der Waals surface area contributed by atoms with E-state index in [2.05, 4.69) is 59.6 Å². The minimum absolute atomic E-state index is 0.473. The minimum Gasteiger partial charge on any atom is -0.304 e. The van der Waals surface area contributed by atoms with Crippen molar-refractivity contribution in [3.05, 3.63) is 57.3 Å². The van der Waals surface area contributed by atoms with Gasteiger partial charge in [-0.25, -0.2) is 0 Å². The Balaban J connectivity index is 1.73. The molecular formula is C18H22N2S. The molecule has 0 spiro atoms. The Morgan fingerprint density at radius 3 is 2.67 bits per heavy atom. The third kappa shape index (κ3) is 2.24. The summed E-state index contributed by atoms with van der Waals surface area (Å²) in [7, 11) is 4.39. The molecule has 1 fully saturated rings. The summed E-state index contributed by atoms with van der Waals surface area (Å²) in [6.45, 7) is 2.36. The van der Waals surface area contributed by atoms with Gasteiger partial charge in [-0.15, -0.1) is 11.3 Å². The third-order valence-corrected chi connectivity index (χ3v) is 6.03. The van der Waals surface area contributed by atoms with Gasteiger partial charge >= 0.3 is 0 Å². The first-order chi connectivity index (χ1) is 10.2. The van der Waals surface area contributed by atoms with Gasteiger partial charge in [0.1, 0.15) is 0 Å². The van der Waals surface area contributed by atoms with E-state index in [0.29, 0.717) is 12.1 Å². The van der Waals surface area contributed by atoms with Crippen molar-refractivity contribution in [2.24, 2.45) is 0 Å². The largest absolute Gasteiger partial charge is 0.304 e. The average Bonchev–Trinajstić information content (AvgIpc) is 2.82. The molecule has 1 unspecified atom stereocenters. The van der Waals surface area contributed by atoms with Crippen LogP contribution >= 0.6 is 11.3 Å². The maximum Gasteiger partial charge on any atom is 0.0616 e. The first-order valence-electron chi connectivity index (χ1n) is 7.78. The standard InChI is InChI=1S/C18H22N2S/c1-19(2)14-11-20(12-14)18-15-6-4-3-5-13(15)7-8-17-16(18)9-10-21-17/h3-6,9-10,14,18H,7-8,11-12H2,1-2H3. The molecule has 2 aromatic rings. The Morgan fingerprint density at radius 1 is 1.05 bits per heavy atom. The van der Waals surface area contributed by atoms with E-state index in [1.165, 1.54) is 31.5 Å². The zero-order valence-corrected chi connectivity index (χ0v) is 13.6. The van der Waals surface area contributed by atoms with Gasteiger partial charge in [0.25, 0.3) is 0 Å². The highest BCUT2D eigenvalue weighted by molar-refractivity contribution is 7.10. The van der Waals surface area contributed by atoms with Crippen LogP contribution in [0, 0.1) is 0 Å². The van der Waals surface area contributed by atoms with Crippen molar-refractivity contribution in [3.63, 3.8) is 0 Å². The number of rotatable bonds is 2. The number of aryl methyl sites for hydroxylation is 2. The van der Waals surface area contributed by atoms with Crippen LogP contribution in [-0.2, 0) is 12.8 Å². The highest BCUT2D eigenvalue weighted by atomic mass is 32.1. The summed E-state index contributed by atoms with van der Waals surface area (Å²) < 4.78 is 0. The molecule has 1 aromatic heterocycles. The van der Waals surface area contributed by atoms with Crippen LogP contribution in [0.3, 0.4) is 0 Å². The minimum atomic E-state index is 0.473. The molecule has 1 saturated heterocycles. The molecule has 2 aliphatic rings. The molecule has 1 aliphatic carbocycles. The lowest BCUT2D eigenvalue weighted by molar-refractivity contribution is 0.0394. The van der Waals surface area contributed by atoms with Crippen molar-refractivity contribution in [1.82, 2.24) is 9.80 Å². The summed E-state index contributed by atoms with van der Waals surface area (Å²) in [4.78, 5) is 6.60. The molecule has 110 valence electrons. The smallest absolute Gasteiger partial charge is 0.0616 e. The van der Waals surface area contributed by atoms with E-state index in [9.17, 15) is 0 Å². The lowest BCUT2D eigenvalue weighted by Gasteiger charge is -2.47. The molecule has 3 heteroatoms. The Hall–Kier alpha value is -1.16. The van der Waals surface area contributed by atoms with Gasteiger partial charge in [0.05, 0.1) is 6.04 Å². The molecular weight excluding hydrogens is 276 g/mol. The summed E-state index contributed by atoms with van der Waals surface area (Å²) in [5.41, 5.74) is 4.63. The summed E-state index contributed by atoms with van der Waals surface area (Å²) >= 11 is 1.94. The van der Waals surface area contributed by atoms with Gasteiger partial charge in [-0.05, 0) is 55.1 Å². The van der Waals surface area contributed by atoms with Gasteiger partial charge in [0.2, 0.25) is 0 Å². The van der Waals surface area contributed by atoms with Crippen molar-refractivity contribution in [2.75, 3.05) is 27.2 Å². The molecule has 0 saturated carbocycles. The van der Waals surface area contributed by atoms with Crippen molar-refractivity contribution in [1.29, 1.82) is 0 Å². The zero-order valence-electron chi connectivity index (χ0n) is 12.7. The number of hydrogen-bond donors (Lipinski definition) is 0. The highest BCUT2D eigenvalue weighted by Gasteiger charge is 2.37. The molecule has 4 rings (SSSR count). The fraction of sp³-hybridized carbons (Fsp3) is 0.444. The summed E-state index contributed by atoms with van der Waals surface area (Å²) in [6.07, 6.45) is 2.39. The molecule has 0 amide bonds. The van der Waals surface area contributed by atoms with Crippen molar-refractivity contribution >= 4 is 11.3 Å². The molecule has 1 atom stereocenters. The van der Waals surface area contributed by atoms with Gasteiger partial charge < -0.3 is 4.90 Å². The van der Waals surface area contributed by atoms with Crippen LogP contribution in [0.1, 0.15) is 27.6 Å². The SMILES string of the molecule is CN(C)C1CN(C2c3ccccc3CCc3sccc32)C1. The van der Waals surface area contributed by atoms with Crippen molar-refractivity contribution < 1.29 is 0 Å². The number of hydrogen-bond acceptors (Lipinski definition) is 3. The Morgan fingerprint density at radius 2 is 1.86 bits per heavy atom. The van der Waals surface area contributed by atoms with Gasteiger partial charge in [0.15, 0.2) is 0 Å². The average molecular weight is 298 g/mol. The lowest BCUT2D eigenvalue weighted by Crippen LogP contribution is -2.58. The second-order valence-electron chi connectivity index (χ2n) is 6.47. The number of likely N-dealkylation sites (tertiary alicyclic amines) is 1. The number of fused-ring (bicyclic) bond motifs is 2. The number of nitrogens with zero attached hydrogens (tertiary/aromatic N) is 2. The Bertz CT molecular complexity index is 640. The molecule has 2 heterocycles. The second-order valence-corrected chi connectivity index (χ2v) is 7.47. The van der Waals surface area contributed by atoms with E-state index in [1.807, 2.05) is 11.3 Å². The van der Waals surface area contributed by atoms with E-state index in [0.717, 1.165) is 0 Å². The van der Waals surface area contributed by atoms with Crippen molar-refractivity contribution in [2.45, 2.75) is 24.9 Å². The Kier molecular flexibility index (Phi) is 3.37. The van der Waals surface area contributed by atoms with Crippen LogP contribution in [-0.4, -0.2) is 43.0 Å². The zero-order chi connectivity index (χ0) is 14.4. The molecule has 1 aliphatic heterocycles. The van der Waals surface area contributed by atoms with Crippen molar-refractivity contribution in [3.8, 4) is 0 Å². The maximum atomic E-state index is 2.65.